The van der Waals surface area contributed by atoms with Gasteiger partial charge in [-0.05, 0) is 11.1 Å². The second kappa shape index (κ2) is 4.81. The standard InChI is InChI=1S/C12H12O4/c1-2-9-3-5-10(6-4-9)7-14-11-8-15-12(13)16-11/h2-6,11H,1,7-8H2. The van der Waals surface area contributed by atoms with Crippen molar-refractivity contribution in [1.82, 2.24) is 0 Å². The molecule has 0 bridgehead atoms. The van der Waals surface area contributed by atoms with Crippen LogP contribution in [0.3, 0.4) is 0 Å². The lowest BCUT2D eigenvalue weighted by atomic mass is 10.1. The summed E-state index contributed by atoms with van der Waals surface area (Å²) in [7, 11) is 0. The summed E-state index contributed by atoms with van der Waals surface area (Å²) in [6.07, 6.45) is 0.510. The summed E-state index contributed by atoms with van der Waals surface area (Å²) in [6, 6.07) is 7.77. The maximum absolute atomic E-state index is 10.6. The molecule has 1 aromatic carbocycles. The molecule has 0 radical (unpaired) electrons. The summed E-state index contributed by atoms with van der Waals surface area (Å²) in [6.45, 7) is 4.22. The monoisotopic (exact) mass is 220 g/mol. The molecule has 0 N–H and O–H groups in total. The largest absolute Gasteiger partial charge is 0.510 e. The van der Waals surface area contributed by atoms with Crippen LogP contribution in [-0.4, -0.2) is 19.1 Å². The number of ether oxygens (including phenoxy) is 3. The molecule has 0 aliphatic carbocycles. The van der Waals surface area contributed by atoms with E-state index in [1.807, 2.05) is 24.3 Å². The molecular weight excluding hydrogens is 208 g/mol. The van der Waals surface area contributed by atoms with E-state index in [0.717, 1.165) is 11.1 Å². The first-order chi connectivity index (χ1) is 7.78. The molecule has 1 aliphatic heterocycles. The van der Waals surface area contributed by atoms with Crippen LogP contribution in [0.5, 0.6) is 0 Å². The van der Waals surface area contributed by atoms with Crippen LogP contribution in [0.25, 0.3) is 6.08 Å². The number of carbonyl (C=O) groups is 1. The molecule has 4 heteroatoms. The fraction of sp³-hybridized carbons (Fsp3) is 0.250. The van der Waals surface area contributed by atoms with Crippen molar-refractivity contribution < 1.29 is 19.0 Å². The zero-order valence-electron chi connectivity index (χ0n) is 8.72. The Morgan fingerprint density at radius 1 is 1.44 bits per heavy atom. The number of benzene rings is 1. The van der Waals surface area contributed by atoms with Gasteiger partial charge in [-0.25, -0.2) is 4.79 Å². The smallest absolute Gasteiger partial charge is 0.428 e. The minimum absolute atomic E-state index is 0.156. The Morgan fingerprint density at radius 2 is 2.19 bits per heavy atom. The van der Waals surface area contributed by atoms with Gasteiger partial charge in [0.1, 0.15) is 0 Å². The van der Waals surface area contributed by atoms with Crippen molar-refractivity contribution in [1.29, 1.82) is 0 Å². The molecule has 4 nitrogen and oxygen atoms in total. The molecule has 1 fully saturated rings. The Hall–Kier alpha value is -1.81. The van der Waals surface area contributed by atoms with Gasteiger partial charge >= 0.3 is 6.16 Å². The Labute approximate surface area is 93.4 Å². The predicted molar refractivity (Wildman–Crippen MR) is 57.5 cm³/mol. The van der Waals surface area contributed by atoms with E-state index in [2.05, 4.69) is 11.3 Å². The van der Waals surface area contributed by atoms with Gasteiger partial charge < -0.3 is 14.2 Å². The van der Waals surface area contributed by atoms with Gasteiger partial charge in [0.05, 0.1) is 6.61 Å². The van der Waals surface area contributed by atoms with Crippen LogP contribution in [-0.2, 0) is 20.8 Å². The van der Waals surface area contributed by atoms with Crippen LogP contribution >= 0.6 is 0 Å². The van der Waals surface area contributed by atoms with Crippen LogP contribution in [0, 0.1) is 0 Å². The van der Waals surface area contributed by atoms with Crippen molar-refractivity contribution in [2.75, 3.05) is 6.61 Å². The molecule has 84 valence electrons. The van der Waals surface area contributed by atoms with Crippen LogP contribution < -0.4 is 0 Å². The van der Waals surface area contributed by atoms with E-state index in [0.29, 0.717) is 6.61 Å². The van der Waals surface area contributed by atoms with Crippen molar-refractivity contribution in [2.45, 2.75) is 12.9 Å². The van der Waals surface area contributed by atoms with E-state index >= 15 is 0 Å². The molecule has 16 heavy (non-hydrogen) atoms. The molecular formula is C12H12O4. The summed E-state index contributed by atoms with van der Waals surface area (Å²) < 4.78 is 14.7. The van der Waals surface area contributed by atoms with Crippen molar-refractivity contribution in [3.8, 4) is 0 Å². The Bertz CT molecular complexity index is 383. The number of cyclic esters (lactones) is 2. The lowest BCUT2D eigenvalue weighted by Gasteiger charge is -2.08. The molecule has 1 atom stereocenters. The molecule has 0 aromatic heterocycles. The maximum atomic E-state index is 10.6. The average Bonchev–Trinajstić information content (AvgIpc) is 2.73. The van der Waals surface area contributed by atoms with Crippen molar-refractivity contribution in [2.24, 2.45) is 0 Å². The van der Waals surface area contributed by atoms with Crippen LogP contribution in [0.1, 0.15) is 11.1 Å². The number of carbonyl (C=O) groups excluding carboxylic acids is 1. The molecule has 1 unspecified atom stereocenters. The predicted octanol–water partition coefficient (Wildman–Crippen LogP) is 2.34. The maximum Gasteiger partial charge on any atom is 0.510 e. The molecule has 1 heterocycles. The first-order valence-corrected chi connectivity index (χ1v) is 4.94. The summed E-state index contributed by atoms with van der Waals surface area (Å²) in [5.41, 5.74) is 2.06. The van der Waals surface area contributed by atoms with E-state index in [1.165, 1.54) is 0 Å². The van der Waals surface area contributed by atoms with E-state index in [1.54, 1.807) is 6.08 Å². The third kappa shape index (κ3) is 2.61. The lowest BCUT2D eigenvalue weighted by Crippen LogP contribution is -2.14. The van der Waals surface area contributed by atoms with Gasteiger partial charge in [0.25, 0.3) is 0 Å². The zero-order chi connectivity index (χ0) is 11.4. The highest BCUT2D eigenvalue weighted by Gasteiger charge is 2.25. The highest BCUT2D eigenvalue weighted by molar-refractivity contribution is 5.61. The first-order valence-electron chi connectivity index (χ1n) is 4.94. The van der Waals surface area contributed by atoms with E-state index in [4.69, 9.17) is 9.47 Å². The SMILES string of the molecule is C=Cc1ccc(COC2COC(=O)O2)cc1. The second-order valence-corrected chi connectivity index (χ2v) is 3.37. The molecule has 1 aliphatic rings. The van der Waals surface area contributed by atoms with Gasteiger partial charge in [0.2, 0.25) is 6.29 Å². The Morgan fingerprint density at radius 3 is 2.75 bits per heavy atom. The summed E-state index contributed by atoms with van der Waals surface area (Å²) in [4.78, 5) is 10.6. The van der Waals surface area contributed by atoms with Crippen molar-refractivity contribution in [3.63, 3.8) is 0 Å². The third-order valence-corrected chi connectivity index (χ3v) is 2.22. The minimum Gasteiger partial charge on any atom is -0.428 e. The minimum atomic E-state index is -0.674. The van der Waals surface area contributed by atoms with Gasteiger partial charge in [-0.3, -0.25) is 0 Å². The fourth-order valence-corrected chi connectivity index (χ4v) is 1.33. The normalized spacial score (nSPS) is 19.0. The quantitative estimate of drug-likeness (QED) is 0.730. The highest BCUT2D eigenvalue weighted by Crippen LogP contribution is 2.12. The van der Waals surface area contributed by atoms with E-state index in [-0.39, 0.29) is 6.61 Å². The fourth-order valence-electron chi connectivity index (χ4n) is 1.33. The van der Waals surface area contributed by atoms with Gasteiger partial charge in [0.15, 0.2) is 6.61 Å². The molecule has 2 rings (SSSR count). The Balaban J connectivity index is 1.84. The highest BCUT2D eigenvalue weighted by atomic mass is 16.8. The van der Waals surface area contributed by atoms with Gasteiger partial charge in [-0.1, -0.05) is 36.9 Å². The Kier molecular flexibility index (Phi) is 3.22. The van der Waals surface area contributed by atoms with Gasteiger partial charge in [-0.15, -0.1) is 0 Å². The summed E-state index contributed by atoms with van der Waals surface area (Å²) in [5, 5.41) is 0. The second-order valence-electron chi connectivity index (χ2n) is 3.37. The lowest BCUT2D eigenvalue weighted by molar-refractivity contribution is -0.0860. The summed E-state index contributed by atoms with van der Waals surface area (Å²) in [5.74, 6) is 0. The number of rotatable bonds is 4. The van der Waals surface area contributed by atoms with Crippen molar-refractivity contribution >= 4 is 12.2 Å². The molecule has 0 spiro atoms. The van der Waals surface area contributed by atoms with Crippen LogP contribution in [0.15, 0.2) is 30.8 Å². The summed E-state index contributed by atoms with van der Waals surface area (Å²) >= 11 is 0. The van der Waals surface area contributed by atoms with Crippen LogP contribution in [0.4, 0.5) is 4.79 Å². The topological polar surface area (TPSA) is 44.8 Å². The van der Waals surface area contributed by atoms with Gasteiger partial charge in [0, 0.05) is 0 Å². The average molecular weight is 220 g/mol. The van der Waals surface area contributed by atoms with Crippen LogP contribution in [0.2, 0.25) is 0 Å². The molecule has 1 saturated heterocycles. The van der Waals surface area contributed by atoms with Gasteiger partial charge in [-0.2, -0.15) is 0 Å². The number of hydrogen-bond acceptors (Lipinski definition) is 4. The van der Waals surface area contributed by atoms with Crippen molar-refractivity contribution in [3.05, 3.63) is 42.0 Å². The molecule has 0 saturated carbocycles. The van der Waals surface area contributed by atoms with E-state index < -0.39 is 12.4 Å². The first kappa shape index (κ1) is 10.7. The van der Waals surface area contributed by atoms with E-state index in [9.17, 15) is 4.79 Å². The molecule has 1 aromatic rings. The molecule has 0 amide bonds. The zero-order valence-corrected chi connectivity index (χ0v) is 8.72. The number of hydrogen-bond donors (Lipinski definition) is 0. The third-order valence-electron chi connectivity index (χ3n) is 2.22.